The molecule has 0 bridgehead atoms. The number of halogens is 1. The lowest BCUT2D eigenvalue weighted by Gasteiger charge is -2.34. The van der Waals surface area contributed by atoms with E-state index in [-0.39, 0.29) is 30.3 Å². The van der Waals surface area contributed by atoms with Crippen molar-refractivity contribution in [3.8, 4) is 5.75 Å². The third-order valence-corrected chi connectivity index (χ3v) is 4.39. The normalized spacial score (nSPS) is 15.4. The van der Waals surface area contributed by atoms with Gasteiger partial charge in [0.15, 0.2) is 11.6 Å². The molecule has 1 aromatic carbocycles. The van der Waals surface area contributed by atoms with Gasteiger partial charge < -0.3 is 19.3 Å². The summed E-state index contributed by atoms with van der Waals surface area (Å²) in [4.78, 5) is 27.9. The molecule has 0 radical (unpaired) electrons. The lowest BCUT2D eigenvalue weighted by atomic mass is 9.95. The summed E-state index contributed by atoms with van der Waals surface area (Å²) in [5.74, 6) is -0.330. The van der Waals surface area contributed by atoms with Crippen molar-refractivity contribution in [3.05, 3.63) is 30.1 Å². The number of benzene rings is 1. The highest BCUT2D eigenvalue weighted by Gasteiger charge is 2.31. The number of para-hydroxylation sites is 1. The van der Waals surface area contributed by atoms with Gasteiger partial charge in [-0.2, -0.15) is 0 Å². The Morgan fingerprint density at radius 1 is 1.22 bits per heavy atom. The Morgan fingerprint density at radius 3 is 2.44 bits per heavy atom. The maximum absolute atomic E-state index is 13.5. The fraction of sp³-hybridized carbons (Fsp3) is 0.600. The standard InChI is InChI=1S/C20H29FN2O4/c1-20(2,3)27-19(25)23-11-9-15(10-12-23)18(24)22(4)13-14-26-17-8-6-5-7-16(17)21/h5-8,15H,9-14H2,1-4H3. The lowest BCUT2D eigenvalue weighted by molar-refractivity contribution is -0.136. The first-order chi connectivity index (χ1) is 12.7. The molecule has 0 atom stereocenters. The fourth-order valence-electron chi connectivity index (χ4n) is 2.91. The molecule has 1 saturated heterocycles. The SMILES string of the molecule is CN(CCOc1ccccc1F)C(=O)C1CCN(C(=O)OC(C)(C)C)CC1. The second kappa shape index (κ2) is 9.06. The zero-order valence-corrected chi connectivity index (χ0v) is 16.5. The third kappa shape index (κ3) is 6.41. The molecular formula is C20H29FN2O4. The maximum atomic E-state index is 13.5. The molecule has 0 spiro atoms. The van der Waals surface area contributed by atoms with Crippen LogP contribution in [0.5, 0.6) is 5.75 Å². The molecule has 1 aliphatic heterocycles. The summed E-state index contributed by atoms with van der Waals surface area (Å²) < 4.78 is 24.3. The monoisotopic (exact) mass is 380 g/mol. The quantitative estimate of drug-likeness (QED) is 0.786. The zero-order valence-electron chi connectivity index (χ0n) is 16.5. The molecule has 6 nitrogen and oxygen atoms in total. The molecule has 1 aliphatic rings. The number of piperidine rings is 1. The molecule has 0 saturated carbocycles. The van der Waals surface area contributed by atoms with Crippen LogP contribution in [-0.4, -0.2) is 60.7 Å². The number of rotatable bonds is 5. The van der Waals surface area contributed by atoms with E-state index in [2.05, 4.69) is 0 Å². The van der Waals surface area contributed by atoms with Crippen LogP contribution in [0.25, 0.3) is 0 Å². The fourth-order valence-corrected chi connectivity index (χ4v) is 2.91. The number of hydrogen-bond acceptors (Lipinski definition) is 4. The first-order valence-corrected chi connectivity index (χ1v) is 9.27. The summed E-state index contributed by atoms with van der Waals surface area (Å²) in [7, 11) is 1.72. The van der Waals surface area contributed by atoms with E-state index in [0.29, 0.717) is 32.5 Å². The molecule has 0 aliphatic carbocycles. The van der Waals surface area contributed by atoms with Crippen LogP contribution in [0.2, 0.25) is 0 Å². The summed E-state index contributed by atoms with van der Waals surface area (Å²) in [6.45, 7) is 7.10. The van der Waals surface area contributed by atoms with Crippen molar-refractivity contribution in [2.75, 3.05) is 33.3 Å². The highest BCUT2D eigenvalue weighted by molar-refractivity contribution is 5.79. The molecule has 1 aromatic rings. The number of likely N-dealkylation sites (N-methyl/N-ethyl adjacent to an activating group) is 1. The predicted octanol–water partition coefficient (Wildman–Crippen LogP) is 3.31. The number of likely N-dealkylation sites (tertiary alicyclic amines) is 1. The van der Waals surface area contributed by atoms with Crippen LogP contribution in [-0.2, 0) is 9.53 Å². The van der Waals surface area contributed by atoms with Crippen LogP contribution >= 0.6 is 0 Å². The van der Waals surface area contributed by atoms with Gasteiger partial charge in [-0.1, -0.05) is 12.1 Å². The number of carbonyl (C=O) groups is 2. The highest BCUT2D eigenvalue weighted by Crippen LogP contribution is 2.21. The topological polar surface area (TPSA) is 59.1 Å². The molecule has 7 heteroatoms. The Kier molecular flexibility index (Phi) is 7.05. The smallest absolute Gasteiger partial charge is 0.410 e. The average Bonchev–Trinajstić information content (AvgIpc) is 2.61. The summed E-state index contributed by atoms with van der Waals surface area (Å²) in [6.07, 6.45) is 0.882. The van der Waals surface area contributed by atoms with E-state index in [9.17, 15) is 14.0 Å². The Hall–Kier alpha value is -2.31. The number of hydrogen-bond donors (Lipinski definition) is 0. The molecule has 0 aromatic heterocycles. The predicted molar refractivity (Wildman–Crippen MR) is 100 cm³/mol. The molecule has 0 unspecified atom stereocenters. The average molecular weight is 380 g/mol. The first-order valence-electron chi connectivity index (χ1n) is 9.27. The van der Waals surface area contributed by atoms with Gasteiger partial charge in [0.2, 0.25) is 5.91 Å². The van der Waals surface area contributed by atoms with Crippen LogP contribution < -0.4 is 4.74 Å². The molecule has 2 amide bonds. The molecular weight excluding hydrogens is 351 g/mol. The van der Waals surface area contributed by atoms with Crippen LogP contribution in [0.15, 0.2) is 24.3 Å². The van der Waals surface area contributed by atoms with Crippen LogP contribution in [0.3, 0.4) is 0 Å². The molecule has 1 fully saturated rings. The van der Waals surface area contributed by atoms with Crippen molar-refractivity contribution in [2.45, 2.75) is 39.2 Å². The molecule has 0 N–H and O–H groups in total. The van der Waals surface area contributed by atoms with E-state index in [1.807, 2.05) is 20.8 Å². The van der Waals surface area contributed by atoms with Crippen molar-refractivity contribution < 1.29 is 23.5 Å². The minimum atomic E-state index is -0.526. The molecule has 27 heavy (non-hydrogen) atoms. The number of nitrogens with zero attached hydrogens (tertiary/aromatic N) is 2. The van der Waals surface area contributed by atoms with Gasteiger partial charge in [0, 0.05) is 26.1 Å². The summed E-state index contributed by atoms with van der Waals surface area (Å²) in [6, 6.07) is 6.19. The molecule has 150 valence electrons. The van der Waals surface area contributed by atoms with Crippen LogP contribution in [0.1, 0.15) is 33.6 Å². The van der Waals surface area contributed by atoms with Gasteiger partial charge in [-0.3, -0.25) is 4.79 Å². The Labute approximate surface area is 160 Å². The number of ether oxygens (including phenoxy) is 2. The third-order valence-electron chi connectivity index (χ3n) is 4.39. The van der Waals surface area contributed by atoms with Gasteiger partial charge in [-0.15, -0.1) is 0 Å². The van der Waals surface area contributed by atoms with Crippen molar-refractivity contribution in [2.24, 2.45) is 5.92 Å². The lowest BCUT2D eigenvalue weighted by Crippen LogP contribution is -2.45. The van der Waals surface area contributed by atoms with E-state index in [4.69, 9.17) is 9.47 Å². The Balaban J connectivity index is 1.74. The number of amides is 2. The van der Waals surface area contributed by atoms with Crippen LogP contribution in [0, 0.1) is 11.7 Å². The Morgan fingerprint density at radius 2 is 1.85 bits per heavy atom. The largest absolute Gasteiger partial charge is 0.489 e. The highest BCUT2D eigenvalue weighted by atomic mass is 19.1. The van der Waals surface area contributed by atoms with Crippen molar-refractivity contribution in [3.63, 3.8) is 0 Å². The van der Waals surface area contributed by atoms with Gasteiger partial charge in [-0.25, -0.2) is 9.18 Å². The minimum Gasteiger partial charge on any atom is -0.489 e. The molecule has 1 heterocycles. The van der Waals surface area contributed by atoms with Gasteiger partial charge in [-0.05, 0) is 45.7 Å². The number of carbonyl (C=O) groups excluding carboxylic acids is 2. The maximum Gasteiger partial charge on any atom is 0.410 e. The summed E-state index contributed by atoms with van der Waals surface area (Å²) in [5, 5.41) is 0. The zero-order chi connectivity index (χ0) is 20.0. The van der Waals surface area contributed by atoms with Gasteiger partial charge >= 0.3 is 6.09 Å². The minimum absolute atomic E-state index is 0.0240. The van der Waals surface area contributed by atoms with Gasteiger partial charge in [0.25, 0.3) is 0 Å². The van der Waals surface area contributed by atoms with E-state index < -0.39 is 11.4 Å². The summed E-state index contributed by atoms with van der Waals surface area (Å²) >= 11 is 0. The van der Waals surface area contributed by atoms with Gasteiger partial charge in [0.05, 0.1) is 6.54 Å². The van der Waals surface area contributed by atoms with E-state index in [1.165, 1.54) is 6.07 Å². The van der Waals surface area contributed by atoms with E-state index in [1.54, 1.807) is 35.0 Å². The Bertz CT molecular complexity index is 652. The first kappa shape index (κ1) is 21.0. The second-order valence-corrected chi connectivity index (χ2v) is 7.78. The molecule has 2 rings (SSSR count). The van der Waals surface area contributed by atoms with Crippen molar-refractivity contribution >= 4 is 12.0 Å². The van der Waals surface area contributed by atoms with E-state index >= 15 is 0 Å². The summed E-state index contributed by atoms with van der Waals surface area (Å²) in [5.41, 5.74) is -0.526. The van der Waals surface area contributed by atoms with Gasteiger partial charge in [0.1, 0.15) is 12.2 Å². The van der Waals surface area contributed by atoms with Crippen LogP contribution in [0.4, 0.5) is 9.18 Å². The van der Waals surface area contributed by atoms with E-state index in [0.717, 1.165) is 0 Å². The van der Waals surface area contributed by atoms with Crippen molar-refractivity contribution in [1.29, 1.82) is 0 Å². The second-order valence-electron chi connectivity index (χ2n) is 7.78. The van der Waals surface area contributed by atoms with Crippen molar-refractivity contribution in [1.82, 2.24) is 9.80 Å².